The maximum Gasteiger partial charge on any atom is 0.350 e. The van der Waals surface area contributed by atoms with Gasteiger partial charge in [-0.25, -0.2) is 0 Å². The molecule has 2 unspecified atom stereocenters. The SMILES string of the molecule is CCOP(=O)(OCC)C1(P(=O)(OCC)OCC)CC2(C(=O)Nc3cc(Cl)ccc32)N2CCCC21. The standard InChI is InChI=1S/C22H33ClN2O7P2/c1-5-29-33(27,30-6-2)22(34(28,31-7-3)32-8-4)15-21(25-13-9-10-19(22)25)17-12-11-16(23)14-18(17)24-20(21)26/h11-12,14,19H,5-10,13,15H2,1-4H3,(H,24,26). The van der Waals surface area contributed by atoms with Crippen LogP contribution in [0.4, 0.5) is 5.69 Å². The molecule has 4 rings (SSSR count). The number of fused-ring (bicyclic) bond motifs is 4. The molecular weight excluding hydrogens is 502 g/mol. The molecule has 0 saturated carbocycles. The largest absolute Gasteiger partial charge is 0.350 e. The maximum absolute atomic E-state index is 14.7. The molecule has 1 N–H and O–H groups in total. The molecule has 1 amide bonds. The third-order valence-electron chi connectivity index (χ3n) is 6.99. The summed E-state index contributed by atoms with van der Waals surface area (Å²) in [5, 5.41) is 3.43. The van der Waals surface area contributed by atoms with E-state index in [9.17, 15) is 13.9 Å². The molecule has 3 aliphatic heterocycles. The van der Waals surface area contributed by atoms with Gasteiger partial charge in [-0.15, -0.1) is 0 Å². The molecule has 0 aliphatic carbocycles. The first-order chi connectivity index (χ1) is 16.2. The van der Waals surface area contributed by atoms with Crippen LogP contribution in [-0.2, 0) is 37.6 Å². The molecule has 2 saturated heterocycles. The number of rotatable bonds is 10. The lowest BCUT2D eigenvalue weighted by atomic mass is 9.88. The first-order valence-corrected chi connectivity index (χ1v) is 15.3. The van der Waals surface area contributed by atoms with Gasteiger partial charge in [0.15, 0.2) is 4.90 Å². The number of amides is 1. The van der Waals surface area contributed by atoms with Gasteiger partial charge in [0.1, 0.15) is 5.54 Å². The number of hydrogen-bond acceptors (Lipinski definition) is 8. The molecule has 0 radical (unpaired) electrons. The minimum atomic E-state index is -4.14. The number of carbonyl (C=O) groups excluding carboxylic acids is 1. The second-order valence-electron chi connectivity index (χ2n) is 8.58. The van der Waals surface area contributed by atoms with E-state index in [0.717, 1.165) is 6.42 Å². The van der Waals surface area contributed by atoms with Crippen molar-refractivity contribution in [1.82, 2.24) is 4.90 Å². The predicted molar refractivity (Wildman–Crippen MR) is 131 cm³/mol. The van der Waals surface area contributed by atoms with Gasteiger partial charge in [0, 0.05) is 28.7 Å². The van der Waals surface area contributed by atoms with E-state index in [1.807, 2.05) is 4.90 Å². The van der Waals surface area contributed by atoms with Gasteiger partial charge in [-0.1, -0.05) is 17.7 Å². The summed E-state index contributed by atoms with van der Waals surface area (Å²) >= 11 is 6.21. The van der Waals surface area contributed by atoms with Crippen molar-refractivity contribution in [3.8, 4) is 0 Å². The van der Waals surface area contributed by atoms with Gasteiger partial charge < -0.3 is 23.4 Å². The zero-order chi connectivity index (χ0) is 24.8. The zero-order valence-electron chi connectivity index (χ0n) is 20.0. The minimum Gasteiger partial charge on any atom is -0.324 e. The highest BCUT2D eigenvalue weighted by Crippen LogP contribution is 2.85. The highest BCUT2D eigenvalue weighted by molar-refractivity contribution is 7.74. The molecule has 3 aliphatic rings. The summed E-state index contributed by atoms with van der Waals surface area (Å²) in [6.45, 7) is 7.71. The fourth-order valence-corrected chi connectivity index (χ4v) is 12.6. The van der Waals surface area contributed by atoms with Crippen LogP contribution < -0.4 is 5.32 Å². The highest BCUT2D eigenvalue weighted by atomic mass is 35.5. The molecule has 2 fully saturated rings. The molecule has 3 heterocycles. The molecule has 1 aromatic carbocycles. The first kappa shape index (κ1) is 26.3. The van der Waals surface area contributed by atoms with E-state index in [1.165, 1.54) is 0 Å². The summed E-state index contributed by atoms with van der Waals surface area (Å²) in [5.41, 5.74) is 0.0634. The first-order valence-electron chi connectivity index (χ1n) is 11.9. The van der Waals surface area contributed by atoms with Gasteiger partial charge in [-0.05, 0) is 59.2 Å². The third kappa shape index (κ3) is 3.51. The van der Waals surface area contributed by atoms with Crippen LogP contribution in [0.2, 0.25) is 5.02 Å². The Morgan fingerprint density at radius 1 is 1.03 bits per heavy atom. The molecule has 2 atom stereocenters. The van der Waals surface area contributed by atoms with Crippen LogP contribution in [0, 0.1) is 0 Å². The van der Waals surface area contributed by atoms with Crippen molar-refractivity contribution in [2.75, 3.05) is 38.3 Å². The Bertz CT molecular complexity index is 1000. The average molecular weight is 535 g/mol. The van der Waals surface area contributed by atoms with E-state index in [0.29, 0.717) is 29.2 Å². The fraction of sp³-hybridized carbons (Fsp3) is 0.682. The number of anilines is 1. The lowest BCUT2D eigenvalue weighted by Gasteiger charge is -2.42. The van der Waals surface area contributed by atoms with Crippen molar-refractivity contribution in [1.29, 1.82) is 0 Å². The quantitative estimate of drug-likeness (QED) is 0.388. The number of carbonyl (C=O) groups is 1. The summed E-state index contributed by atoms with van der Waals surface area (Å²) < 4.78 is 52.9. The smallest absolute Gasteiger partial charge is 0.324 e. The lowest BCUT2D eigenvalue weighted by Crippen LogP contribution is -2.47. The van der Waals surface area contributed by atoms with Gasteiger partial charge in [-0.2, -0.15) is 0 Å². The Labute approximate surface area is 205 Å². The Hall–Kier alpha value is -0.760. The van der Waals surface area contributed by atoms with Gasteiger partial charge in [0.2, 0.25) is 5.91 Å². The van der Waals surface area contributed by atoms with E-state index in [2.05, 4.69) is 5.32 Å². The van der Waals surface area contributed by atoms with Crippen molar-refractivity contribution in [2.24, 2.45) is 0 Å². The van der Waals surface area contributed by atoms with Crippen molar-refractivity contribution >= 4 is 38.4 Å². The van der Waals surface area contributed by atoms with E-state index < -0.39 is 31.7 Å². The monoisotopic (exact) mass is 534 g/mol. The van der Waals surface area contributed by atoms with Crippen molar-refractivity contribution in [3.05, 3.63) is 28.8 Å². The molecule has 1 spiro atoms. The fourth-order valence-electron chi connectivity index (χ4n) is 6.00. The number of hydrogen-bond donors (Lipinski definition) is 1. The lowest BCUT2D eigenvalue weighted by molar-refractivity contribution is -0.126. The summed E-state index contributed by atoms with van der Waals surface area (Å²) in [6.07, 6.45) is 1.19. The summed E-state index contributed by atoms with van der Waals surface area (Å²) in [5.74, 6) is -0.280. The third-order valence-corrected chi connectivity index (χ3v) is 13.9. The normalized spacial score (nSPS) is 26.1. The van der Waals surface area contributed by atoms with E-state index in [-0.39, 0.29) is 38.8 Å². The zero-order valence-corrected chi connectivity index (χ0v) is 22.6. The van der Waals surface area contributed by atoms with Crippen LogP contribution >= 0.6 is 26.8 Å². The highest BCUT2D eigenvalue weighted by Gasteiger charge is 2.80. The van der Waals surface area contributed by atoms with Gasteiger partial charge in [-0.3, -0.25) is 18.8 Å². The van der Waals surface area contributed by atoms with Crippen molar-refractivity contribution in [3.63, 3.8) is 0 Å². The van der Waals surface area contributed by atoms with Crippen LogP contribution in [0.15, 0.2) is 18.2 Å². The van der Waals surface area contributed by atoms with Gasteiger partial charge in [0.25, 0.3) is 0 Å². The van der Waals surface area contributed by atoms with Crippen molar-refractivity contribution in [2.45, 2.75) is 63.4 Å². The number of nitrogens with one attached hydrogen (secondary N) is 1. The maximum atomic E-state index is 14.7. The summed E-state index contributed by atoms with van der Waals surface area (Å²) in [6, 6.07) is 4.65. The van der Waals surface area contributed by atoms with Gasteiger partial charge in [0.05, 0.1) is 26.4 Å². The topological polar surface area (TPSA) is 103 Å². The Kier molecular flexibility index (Phi) is 7.43. The second kappa shape index (κ2) is 9.60. The molecule has 12 heteroatoms. The van der Waals surface area contributed by atoms with Gasteiger partial charge >= 0.3 is 15.2 Å². The number of nitrogens with zero attached hydrogens (tertiary/aromatic N) is 1. The average Bonchev–Trinajstić information content (AvgIpc) is 3.43. The Morgan fingerprint density at radius 3 is 2.12 bits per heavy atom. The molecule has 0 bridgehead atoms. The van der Waals surface area contributed by atoms with E-state index in [4.69, 9.17) is 29.7 Å². The Morgan fingerprint density at radius 2 is 1.59 bits per heavy atom. The van der Waals surface area contributed by atoms with Crippen LogP contribution in [0.5, 0.6) is 0 Å². The summed E-state index contributed by atoms with van der Waals surface area (Å²) in [7, 11) is -8.27. The number of halogens is 1. The van der Waals surface area contributed by atoms with Crippen LogP contribution in [0.3, 0.4) is 0 Å². The number of benzene rings is 1. The van der Waals surface area contributed by atoms with Crippen LogP contribution in [0.25, 0.3) is 0 Å². The Balaban J connectivity index is 2.03. The van der Waals surface area contributed by atoms with Crippen LogP contribution in [-0.4, -0.2) is 54.7 Å². The molecular formula is C22H33ClN2O7P2. The van der Waals surface area contributed by atoms with Crippen molar-refractivity contribution < 1.29 is 32.0 Å². The molecule has 9 nitrogen and oxygen atoms in total. The molecule has 1 aromatic rings. The summed E-state index contributed by atoms with van der Waals surface area (Å²) in [4.78, 5) is 14.1. The van der Waals surface area contributed by atoms with E-state index >= 15 is 0 Å². The predicted octanol–water partition coefficient (Wildman–Crippen LogP) is 5.58. The van der Waals surface area contributed by atoms with E-state index in [1.54, 1.807) is 45.9 Å². The molecule has 190 valence electrons. The minimum absolute atomic E-state index is 0.0788. The molecule has 0 aromatic heterocycles. The second-order valence-corrected chi connectivity index (χ2v) is 14.0. The van der Waals surface area contributed by atoms with Crippen LogP contribution in [0.1, 0.15) is 52.5 Å². The molecule has 34 heavy (non-hydrogen) atoms.